The average Bonchev–Trinajstić information content (AvgIpc) is 2.52. The third kappa shape index (κ3) is 27.3. The van der Waals surface area contributed by atoms with Gasteiger partial charge in [0.15, 0.2) is 0 Å². The van der Waals surface area contributed by atoms with Crippen molar-refractivity contribution in [1.82, 2.24) is 20.0 Å². The molecule has 0 spiro atoms. The van der Waals surface area contributed by atoms with E-state index in [1.807, 2.05) is 37.7 Å². The Balaban J connectivity index is -0.0000000505. The lowest BCUT2D eigenvalue weighted by molar-refractivity contribution is -0.475. The van der Waals surface area contributed by atoms with Crippen molar-refractivity contribution in [2.45, 2.75) is 50.0 Å². The summed E-state index contributed by atoms with van der Waals surface area (Å²) in [5, 5.41) is 3.85. The molecule has 0 saturated carbocycles. The molecule has 0 rings (SSSR count). The quantitative estimate of drug-likeness (QED) is 0.295. The van der Waals surface area contributed by atoms with Crippen LogP contribution in [0.3, 0.4) is 0 Å². The summed E-state index contributed by atoms with van der Waals surface area (Å²) >= 11 is 5.72. The molecule has 8 heteroatoms. The Morgan fingerprint density at radius 2 is 1.07 bits per heavy atom. The van der Waals surface area contributed by atoms with E-state index in [0.29, 0.717) is 0 Å². The van der Waals surface area contributed by atoms with Crippen molar-refractivity contribution in [3.8, 4) is 0 Å². The van der Waals surface area contributed by atoms with Crippen LogP contribution >= 0.6 is 24.0 Å². The molecular formula is C21H58Cl2N6+2. The Morgan fingerprint density at radius 3 is 1.10 bits per heavy atom. The minimum absolute atomic E-state index is 0. The molecule has 184 valence electrons. The second-order valence-electron chi connectivity index (χ2n) is 6.28. The van der Waals surface area contributed by atoms with Crippen LogP contribution in [0, 0.1) is 0 Å². The first-order chi connectivity index (χ1) is 11.5. The van der Waals surface area contributed by atoms with Crippen LogP contribution in [0.2, 0.25) is 0 Å². The number of hydrogen-bond donors (Lipinski definition) is 1. The number of nitrogens with zero attached hydrogens (tertiary/aromatic N) is 5. The van der Waals surface area contributed by atoms with Gasteiger partial charge >= 0.3 is 11.3 Å². The first-order valence-corrected chi connectivity index (χ1v) is 9.43. The monoisotopic (exact) mass is 464 g/mol. The fourth-order valence-corrected chi connectivity index (χ4v) is 2.12. The fourth-order valence-electron chi connectivity index (χ4n) is 2.12. The van der Waals surface area contributed by atoms with Gasteiger partial charge in [-0.25, -0.2) is 0 Å². The SMILES string of the molecule is C.C.C.CCN(CC)C(N(C)C)=[N+](C)C.CCNCC.CN(C)C(Cl)=[N+](C)C.Cl. The zero-order chi connectivity index (χ0) is 20.6. The van der Waals surface area contributed by atoms with Gasteiger partial charge in [-0.1, -0.05) is 36.1 Å². The summed E-state index contributed by atoms with van der Waals surface area (Å²) in [5.41, 5.74) is 0. The lowest BCUT2D eigenvalue weighted by Gasteiger charge is -2.22. The Morgan fingerprint density at radius 1 is 0.724 bits per heavy atom. The molecule has 6 nitrogen and oxygen atoms in total. The van der Waals surface area contributed by atoms with Crippen LogP contribution in [0.4, 0.5) is 0 Å². The van der Waals surface area contributed by atoms with E-state index in [1.165, 1.54) is 5.96 Å². The molecule has 29 heavy (non-hydrogen) atoms. The van der Waals surface area contributed by atoms with Gasteiger partial charge < -0.3 is 5.32 Å². The third-order valence-electron chi connectivity index (χ3n) is 3.08. The molecule has 0 aromatic rings. The van der Waals surface area contributed by atoms with Crippen molar-refractivity contribution in [3.05, 3.63) is 0 Å². The number of amidine groups is 1. The maximum Gasteiger partial charge on any atom is 0.349 e. The molecule has 0 aromatic carbocycles. The van der Waals surface area contributed by atoms with Gasteiger partial charge in [-0.2, -0.15) is 0 Å². The summed E-state index contributed by atoms with van der Waals surface area (Å²) in [6.07, 6.45) is 0. The highest BCUT2D eigenvalue weighted by atomic mass is 35.5. The number of hydrogen-bond acceptors (Lipinski definition) is 1. The molecule has 0 heterocycles. The highest BCUT2D eigenvalue weighted by Crippen LogP contribution is 1.93. The summed E-state index contributed by atoms with van der Waals surface area (Å²) < 4.78 is 3.99. The normalized spacial score (nSPS) is 7.76. The lowest BCUT2D eigenvalue weighted by Crippen LogP contribution is -2.45. The van der Waals surface area contributed by atoms with Crippen LogP contribution in [0.1, 0.15) is 50.0 Å². The van der Waals surface area contributed by atoms with Crippen LogP contribution in [0.25, 0.3) is 0 Å². The maximum atomic E-state index is 5.72. The Kier molecular flexibility index (Phi) is 47.2. The van der Waals surface area contributed by atoms with Crippen LogP contribution in [0.15, 0.2) is 0 Å². The predicted octanol–water partition coefficient (Wildman–Crippen LogP) is 3.88. The van der Waals surface area contributed by atoms with Crippen molar-refractivity contribution in [2.24, 2.45) is 0 Å². The van der Waals surface area contributed by atoms with Gasteiger partial charge in [-0.3, -0.25) is 23.9 Å². The summed E-state index contributed by atoms with van der Waals surface area (Å²) in [6.45, 7) is 12.9. The largest absolute Gasteiger partial charge is 0.349 e. The van der Waals surface area contributed by atoms with Crippen molar-refractivity contribution in [3.63, 3.8) is 0 Å². The molecule has 0 saturated heterocycles. The lowest BCUT2D eigenvalue weighted by atomic mass is 10.5. The zero-order valence-corrected chi connectivity index (χ0v) is 20.9. The van der Waals surface area contributed by atoms with Crippen molar-refractivity contribution in [2.75, 3.05) is 82.6 Å². The molecule has 0 unspecified atom stereocenters. The predicted molar refractivity (Wildman–Crippen MR) is 142 cm³/mol. The molecule has 0 aliphatic rings. The highest BCUT2D eigenvalue weighted by Gasteiger charge is 2.18. The third-order valence-corrected chi connectivity index (χ3v) is 3.76. The van der Waals surface area contributed by atoms with Gasteiger partial charge in [0.25, 0.3) is 0 Å². The first-order valence-electron chi connectivity index (χ1n) is 9.05. The molecule has 0 radical (unpaired) electrons. The van der Waals surface area contributed by atoms with Crippen LogP contribution in [0.5, 0.6) is 0 Å². The second-order valence-corrected chi connectivity index (χ2v) is 6.61. The van der Waals surface area contributed by atoms with Gasteiger partial charge in [0.1, 0.15) is 0 Å². The molecule has 0 aliphatic carbocycles. The summed E-state index contributed by atoms with van der Waals surface area (Å²) in [4.78, 5) is 6.33. The highest BCUT2D eigenvalue weighted by molar-refractivity contribution is 6.62. The van der Waals surface area contributed by atoms with Crippen molar-refractivity contribution < 1.29 is 9.15 Å². The first kappa shape index (κ1) is 46.5. The maximum absolute atomic E-state index is 5.72. The number of guanidine groups is 1. The molecule has 0 bridgehead atoms. The van der Waals surface area contributed by atoms with Gasteiger partial charge in [-0.15, -0.1) is 12.4 Å². The summed E-state index contributed by atoms with van der Waals surface area (Å²) in [5.74, 6) is 1.26. The zero-order valence-electron chi connectivity index (χ0n) is 19.4. The van der Waals surface area contributed by atoms with E-state index < -0.39 is 0 Å². The summed E-state index contributed by atoms with van der Waals surface area (Å²) in [7, 11) is 15.9. The van der Waals surface area contributed by atoms with E-state index in [1.54, 1.807) is 0 Å². The minimum atomic E-state index is 0. The molecule has 0 aliphatic heterocycles. The average molecular weight is 466 g/mol. The summed E-state index contributed by atoms with van der Waals surface area (Å²) in [6, 6.07) is 0. The standard InChI is InChI=1S/C9H22N3.C5H12ClN2.C4H11N.3CH4.ClH/c1-7-12(8-2)9(10(3)4)11(5)6;1-7(2)5(6)8(3)4;1-3-5-4-2;;;;/h7-8H2,1-6H3;1-4H3;5H,3-4H2,1-2H3;3*1H4;1H/q2*+1;;;;;. The van der Waals surface area contributed by atoms with Gasteiger partial charge in [-0.05, 0) is 26.9 Å². The molecule has 1 N–H and O–H groups in total. The topological polar surface area (TPSA) is 27.8 Å². The van der Waals surface area contributed by atoms with E-state index in [4.69, 9.17) is 11.6 Å². The molecular weight excluding hydrogens is 407 g/mol. The molecule has 0 fully saturated rings. The van der Waals surface area contributed by atoms with Crippen LogP contribution in [-0.2, 0) is 0 Å². The number of rotatable bonds is 4. The van der Waals surface area contributed by atoms with Crippen LogP contribution < -0.4 is 5.32 Å². The van der Waals surface area contributed by atoms with E-state index in [-0.39, 0.29) is 34.7 Å². The minimum Gasteiger partial charge on any atom is -0.317 e. The van der Waals surface area contributed by atoms with Crippen LogP contribution in [-0.4, -0.2) is 118 Å². The van der Waals surface area contributed by atoms with E-state index in [9.17, 15) is 0 Å². The Hall–Kier alpha value is -0.720. The molecule has 0 atom stereocenters. The second kappa shape index (κ2) is 29.5. The fraction of sp³-hybridized carbons (Fsp3) is 0.905. The number of halogens is 2. The van der Waals surface area contributed by atoms with E-state index >= 15 is 0 Å². The molecule has 0 amide bonds. The Labute approximate surface area is 197 Å². The van der Waals surface area contributed by atoms with Crippen molar-refractivity contribution >= 4 is 35.3 Å². The smallest absolute Gasteiger partial charge is 0.317 e. The van der Waals surface area contributed by atoms with Gasteiger partial charge in [0.2, 0.25) is 0 Å². The van der Waals surface area contributed by atoms with Gasteiger partial charge in [0, 0.05) is 11.6 Å². The molecule has 0 aromatic heterocycles. The van der Waals surface area contributed by atoms with E-state index in [2.05, 4.69) is 75.6 Å². The van der Waals surface area contributed by atoms with Crippen molar-refractivity contribution in [1.29, 1.82) is 0 Å². The van der Waals surface area contributed by atoms with E-state index in [0.717, 1.165) is 31.5 Å². The Bertz CT molecular complexity index is 369. The van der Waals surface area contributed by atoms with Gasteiger partial charge in [0.05, 0.1) is 69.5 Å². The number of nitrogens with one attached hydrogen (secondary N) is 1.